The third-order valence-corrected chi connectivity index (χ3v) is 3.37. The van der Waals surface area contributed by atoms with Gasteiger partial charge in [0, 0.05) is 5.56 Å². The van der Waals surface area contributed by atoms with Crippen molar-refractivity contribution >= 4 is 17.8 Å². The summed E-state index contributed by atoms with van der Waals surface area (Å²) in [6.07, 6.45) is 2.50. The van der Waals surface area contributed by atoms with Gasteiger partial charge in [0.05, 0.1) is 0 Å². The molecule has 1 unspecified atom stereocenters. The van der Waals surface area contributed by atoms with Crippen molar-refractivity contribution in [2.75, 3.05) is 6.61 Å². The average Bonchev–Trinajstić information content (AvgIpc) is 3.28. The molecule has 0 saturated heterocycles. The first-order valence-corrected chi connectivity index (χ1v) is 7.00. The first kappa shape index (κ1) is 15.8. The standard InChI is InChI=1S/C15H18N2O5/c16-13(18)8-22-11-5-3-10(4-6-11)14(19)17-12(15(20)21)7-9-1-2-9/h3-6,9,12H,1-2,7-8H2,(H2,16,18)(H,17,19)(H,20,21). The molecule has 2 rings (SSSR count). The highest BCUT2D eigenvalue weighted by molar-refractivity contribution is 5.96. The van der Waals surface area contributed by atoms with Gasteiger partial charge in [0.2, 0.25) is 0 Å². The molecule has 0 spiro atoms. The third kappa shape index (κ3) is 4.76. The number of carbonyl (C=O) groups is 3. The van der Waals surface area contributed by atoms with E-state index in [2.05, 4.69) is 5.32 Å². The van der Waals surface area contributed by atoms with Crippen LogP contribution in [-0.4, -0.2) is 35.5 Å². The molecule has 0 aliphatic heterocycles. The van der Waals surface area contributed by atoms with Gasteiger partial charge in [0.15, 0.2) is 6.61 Å². The monoisotopic (exact) mass is 306 g/mol. The number of rotatable bonds is 8. The van der Waals surface area contributed by atoms with Crippen LogP contribution in [0.15, 0.2) is 24.3 Å². The minimum absolute atomic E-state index is 0.242. The number of aliphatic carboxylic acids is 1. The van der Waals surface area contributed by atoms with Crippen LogP contribution < -0.4 is 15.8 Å². The molecule has 1 fully saturated rings. The van der Waals surface area contributed by atoms with E-state index < -0.39 is 23.8 Å². The summed E-state index contributed by atoms with van der Waals surface area (Å²) in [6.45, 7) is -0.242. The van der Waals surface area contributed by atoms with Crippen LogP contribution in [0.5, 0.6) is 5.75 Å². The zero-order chi connectivity index (χ0) is 16.1. The number of carboxylic acid groups (broad SMARTS) is 1. The Bertz CT molecular complexity index is 566. The average molecular weight is 306 g/mol. The van der Waals surface area contributed by atoms with Crippen molar-refractivity contribution in [1.82, 2.24) is 5.32 Å². The van der Waals surface area contributed by atoms with Crippen LogP contribution in [0.4, 0.5) is 0 Å². The van der Waals surface area contributed by atoms with E-state index in [1.807, 2.05) is 0 Å². The van der Waals surface area contributed by atoms with Gasteiger partial charge in [-0.25, -0.2) is 4.79 Å². The van der Waals surface area contributed by atoms with Gasteiger partial charge in [-0.05, 0) is 36.6 Å². The van der Waals surface area contributed by atoms with Crippen molar-refractivity contribution in [3.63, 3.8) is 0 Å². The summed E-state index contributed by atoms with van der Waals surface area (Å²) in [4.78, 5) is 33.8. The Morgan fingerprint density at radius 3 is 2.41 bits per heavy atom. The van der Waals surface area contributed by atoms with Gasteiger partial charge in [-0.3, -0.25) is 9.59 Å². The number of carboxylic acids is 1. The van der Waals surface area contributed by atoms with Crippen molar-refractivity contribution in [3.8, 4) is 5.75 Å². The molecule has 1 aromatic rings. The predicted octanol–water partition coefficient (Wildman–Crippen LogP) is 0.534. The zero-order valence-corrected chi connectivity index (χ0v) is 12.0. The van der Waals surface area contributed by atoms with Crippen LogP contribution in [0.1, 0.15) is 29.6 Å². The van der Waals surface area contributed by atoms with Gasteiger partial charge in [0.1, 0.15) is 11.8 Å². The van der Waals surface area contributed by atoms with E-state index in [0.29, 0.717) is 23.7 Å². The molecule has 118 valence electrons. The first-order valence-electron chi connectivity index (χ1n) is 7.00. The smallest absolute Gasteiger partial charge is 0.326 e. The molecule has 1 aromatic carbocycles. The number of hydrogen-bond donors (Lipinski definition) is 3. The van der Waals surface area contributed by atoms with Crippen molar-refractivity contribution in [2.24, 2.45) is 11.7 Å². The molecule has 1 aliphatic rings. The molecule has 7 heteroatoms. The highest BCUT2D eigenvalue weighted by Gasteiger charge is 2.30. The van der Waals surface area contributed by atoms with Crippen LogP contribution in [-0.2, 0) is 9.59 Å². The number of nitrogens with one attached hydrogen (secondary N) is 1. The lowest BCUT2D eigenvalue weighted by molar-refractivity contribution is -0.139. The fourth-order valence-electron chi connectivity index (χ4n) is 2.01. The second-order valence-electron chi connectivity index (χ2n) is 5.32. The molecule has 0 bridgehead atoms. The first-order chi connectivity index (χ1) is 10.5. The van der Waals surface area contributed by atoms with E-state index in [1.165, 1.54) is 24.3 Å². The summed E-state index contributed by atoms with van der Waals surface area (Å²) < 4.78 is 5.08. The van der Waals surface area contributed by atoms with Crippen LogP contribution in [0.3, 0.4) is 0 Å². The Balaban J connectivity index is 1.93. The highest BCUT2D eigenvalue weighted by atomic mass is 16.5. The van der Waals surface area contributed by atoms with Crippen molar-refractivity contribution in [1.29, 1.82) is 0 Å². The van der Waals surface area contributed by atoms with Crippen LogP contribution in [0, 0.1) is 5.92 Å². The molecule has 0 heterocycles. The molecule has 2 amide bonds. The molecule has 22 heavy (non-hydrogen) atoms. The molecular formula is C15H18N2O5. The Labute approximate surface area is 127 Å². The Hall–Kier alpha value is -2.57. The second-order valence-corrected chi connectivity index (χ2v) is 5.32. The van der Waals surface area contributed by atoms with Crippen LogP contribution in [0.2, 0.25) is 0 Å². The van der Waals surface area contributed by atoms with Gasteiger partial charge in [-0.1, -0.05) is 12.8 Å². The predicted molar refractivity (Wildman–Crippen MR) is 77.4 cm³/mol. The minimum Gasteiger partial charge on any atom is -0.484 e. The second kappa shape index (κ2) is 6.93. The normalized spacial score (nSPS) is 14.9. The van der Waals surface area contributed by atoms with E-state index in [1.54, 1.807) is 0 Å². The number of nitrogens with two attached hydrogens (primary N) is 1. The molecule has 7 nitrogen and oxygen atoms in total. The van der Waals surface area contributed by atoms with Gasteiger partial charge >= 0.3 is 5.97 Å². The number of benzene rings is 1. The molecule has 0 aromatic heterocycles. The number of ether oxygens (including phenoxy) is 1. The van der Waals surface area contributed by atoms with Crippen LogP contribution in [0.25, 0.3) is 0 Å². The molecule has 1 saturated carbocycles. The van der Waals surface area contributed by atoms with Gasteiger partial charge < -0.3 is 20.9 Å². The highest BCUT2D eigenvalue weighted by Crippen LogP contribution is 2.33. The van der Waals surface area contributed by atoms with E-state index in [9.17, 15) is 14.4 Å². The lowest BCUT2D eigenvalue weighted by Gasteiger charge is -2.14. The van der Waals surface area contributed by atoms with E-state index >= 15 is 0 Å². The summed E-state index contributed by atoms with van der Waals surface area (Å²) in [5.41, 5.74) is 5.29. The molecule has 1 aliphatic carbocycles. The topological polar surface area (TPSA) is 119 Å². The van der Waals surface area contributed by atoms with E-state index in [-0.39, 0.29) is 6.61 Å². The van der Waals surface area contributed by atoms with Gasteiger partial charge in [0.25, 0.3) is 11.8 Å². The van der Waals surface area contributed by atoms with E-state index in [4.69, 9.17) is 15.6 Å². The van der Waals surface area contributed by atoms with E-state index in [0.717, 1.165) is 12.8 Å². The number of amides is 2. The lowest BCUT2D eigenvalue weighted by atomic mass is 10.1. The maximum atomic E-state index is 12.0. The maximum Gasteiger partial charge on any atom is 0.326 e. The molecule has 0 radical (unpaired) electrons. The van der Waals surface area contributed by atoms with Crippen molar-refractivity contribution in [3.05, 3.63) is 29.8 Å². The maximum absolute atomic E-state index is 12.0. The quantitative estimate of drug-likeness (QED) is 0.647. The summed E-state index contributed by atoms with van der Waals surface area (Å²) in [5, 5.41) is 11.7. The SMILES string of the molecule is NC(=O)COc1ccc(C(=O)NC(CC2CC2)C(=O)O)cc1. The third-order valence-electron chi connectivity index (χ3n) is 3.37. The minimum atomic E-state index is -1.03. The number of primary amides is 1. The fraction of sp³-hybridized carbons (Fsp3) is 0.400. The van der Waals surface area contributed by atoms with Gasteiger partial charge in [-0.15, -0.1) is 0 Å². The Kier molecular flexibility index (Phi) is 4.98. The summed E-state index contributed by atoms with van der Waals surface area (Å²) in [7, 11) is 0. The lowest BCUT2D eigenvalue weighted by Crippen LogP contribution is -2.41. The zero-order valence-electron chi connectivity index (χ0n) is 12.0. The summed E-state index contributed by atoms with van der Waals surface area (Å²) in [6, 6.07) is 5.18. The fourth-order valence-corrected chi connectivity index (χ4v) is 2.01. The Morgan fingerprint density at radius 2 is 1.91 bits per heavy atom. The number of hydrogen-bond acceptors (Lipinski definition) is 4. The summed E-state index contributed by atoms with van der Waals surface area (Å²) >= 11 is 0. The summed E-state index contributed by atoms with van der Waals surface area (Å²) in [5.74, 6) is -1.27. The number of carbonyl (C=O) groups excluding carboxylic acids is 2. The van der Waals surface area contributed by atoms with Gasteiger partial charge in [-0.2, -0.15) is 0 Å². The molecule has 1 atom stereocenters. The molecule has 4 N–H and O–H groups in total. The largest absolute Gasteiger partial charge is 0.484 e. The van der Waals surface area contributed by atoms with Crippen LogP contribution >= 0.6 is 0 Å². The van der Waals surface area contributed by atoms with Crippen molar-refractivity contribution < 1.29 is 24.2 Å². The Morgan fingerprint density at radius 1 is 1.27 bits per heavy atom. The molecular weight excluding hydrogens is 288 g/mol. The van der Waals surface area contributed by atoms with Crippen molar-refractivity contribution in [2.45, 2.75) is 25.3 Å².